The predicted octanol–water partition coefficient (Wildman–Crippen LogP) is 3.31. The molecule has 1 aromatic heterocycles. The molecule has 10 heteroatoms. The Hall–Kier alpha value is -3.11. The number of aryl methyl sites for hydroxylation is 1. The standard InChI is InChI=1S/C22H21BrN4O4S/c1-13-9-10-16(15(23)11-13)25-17(28)12-32-19(24-14-7-5-4-6-8-14)18-20(29)26(2)22(31)27(3)21(18)30/h4-11,29H,12H2,1-3H3,(H,25,28). The Kier molecular flexibility index (Phi) is 7.37. The molecule has 0 radical (unpaired) electrons. The molecule has 32 heavy (non-hydrogen) atoms. The third-order valence-corrected chi connectivity index (χ3v) is 6.20. The fourth-order valence-electron chi connectivity index (χ4n) is 2.84. The fourth-order valence-corrected chi connectivity index (χ4v) is 4.27. The van der Waals surface area contributed by atoms with Gasteiger partial charge in [-0.05, 0) is 52.7 Å². The second kappa shape index (κ2) is 10.0. The lowest BCUT2D eigenvalue weighted by molar-refractivity contribution is -0.113. The van der Waals surface area contributed by atoms with Crippen molar-refractivity contribution in [2.45, 2.75) is 6.92 Å². The first-order valence-corrected chi connectivity index (χ1v) is 11.3. The topological polar surface area (TPSA) is 106 Å². The number of hydrogen-bond acceptors (Lipinski definition) is 6. The summed E-state index contributed by atoms with van der Waals surface area (Å²) in [6.07, 6.45) is 0. The van der Waals surface area contributed by atoms with E-state index in [0.717, 1.165) is 30.9 Å². The van der Waals surface area contributed by atoms with E-state index < -0.39 is 17.1 Å². The number of para-hydroxylation sites is 1. The smallest absolute Gasteiger partial charge is 0.333 e. The summed E-state index contributed by atoms with van der Waals surface area (Å²) in [7, 11) is 2.67. The van der Waals surface area contributed by atoms with Gasteiger partial charge in [0.05, 0.1) is 17.1 Å². The number of carbonyl (C=O) groups excluding carboxylic acids is 1. The predicted molar refractivity (Wildman–Crippen MR) is 131 cm³/mol. The summed E-state index contributed by atoms with van der Waals surface area (Å²) in [5, 5.41) is 13.5. The molecular formula is C22H21BrN4O4S. The van der Waals surface area contributed by atoms with E-state index in [1.54, 1.807) is 30.3 Å². The van der Waals surface area contributed by atoms with Crippen LogP contribution in [-0.4, -0.2) is 30.9 Å². The van der Waals surface area contributed by atoms with E-state index >= 15 is 0 Å². The molecule has 0 aliphatic rings. The molecule has 3 rings (SSSR count). The SMILES string of the molecule is Cc1ccc(NC(=O)CSC(=Nc2ccccc2)c2c(O)n(C)c(=O)n(C)c2=O)c(Br)c1. The Labute approximate surface area is 196 Å². The van der Waals surface area contributed by atoms with Gasteiger partial charge in [0.15, 0.2) is 0 Å². The number of aromatic hydroxyl groups is 1. The van der Waals surface area contributed by atoms with Gasteiger partial charge >= 0.3 is 5.69 Å². The number of hydrogen-bond donors (Lipinski definition) is 2. The molecule has 0 aliphatic carbocycles. The number of amides is 1. The molecule has 0 aliphatic heterocycles. The second-order valence-corrected chi connectivity index (χ2v) is 8.80. The highest BCUT2D eigenvalue weighted by Crippen LogP contribution is 2.25. The summed E-state index contributed by atoms with van der Waals surface area (Å²) in [5.41, 5.74) is 0.683. The molecule has 2 aromatic carbocycles. The molecule has 166 valence electrons. The minimum atomic E-state index is -0.700. The third-order valence-electron chi connectivity index (χ3n) is 4.57. The van der Waals surface area contributed by atoms with Crippen molar-refractivity contribution in [3.8, 4) is 5.88 Å². The molecule has 2 N–H and O–H groups in total. The van der Waals surface area contributed by atoms with E-state index in [1.165, 1.54) is 14.1 Å². The van der Waals surface area contributed by atoms with Crippen molar-refractivity contribution in [2.75, 3.05) is 11.1 Å². The van der Waals surface area contributed by atoms with Crippen LogP contribution in [0.1, 0.15) is 11.1 Å². The van der Waals surface area contributed by atoms with Gasteiger partial charge in [0, 0.05) is 18.6 Å². The van der Waals surface area contributed by atoms with Gasteiger partial charge in [-0.2, -0.15) is 0 Å². The zero-order valence-electron chi connectivity index (χ0n) is 17.6. The maximum absolute atomic E-state index is 12.8. The highest BCUT2D eigenvalue weighted by atomic mass is 79.9. The van der Waals surface area contributed by atoms with Crippen LogP contribution in [-0.2, 0) is 18.9 Å². The quantitative estimate of drug-likeness (QED) is 0.399. The number of rotatable bonds is 5. The van der Waals surface area contributed by atoms with Crippen LogP contribution in [0.4, 0.5) is 11.4 Å². The Morgan fingerprint density at radius 3 is 2.47 bits per heavy atom. The number of nitrogens with zero attached hydrogens (tertiary/aromatic N) is 3. The lowest BCUT2D eigenvalue weighted by atomic mass is 10.2. The average molecular weight is 517 g/mol. The Morgan fingerprint density at radius 2 is 1.81 bits per heavy atom. The average Bonchev–Trinajstić information content (AvgIpc) is 2.77. The number of aromatic nitrogens is 2. The summed E-state index contributed by atoms with van der Waals surface area (Å²) in [6.45, 7) is 1.94. The van der Waals surface area contributed by atoms with Gasteiger partial charge in [0.25, 0.3) is 5.56 Å². The molecule has 1 heterocycles. The van der Waals surface area contributed by atoms with Crippen LogP contribution in [0.25, 0.3) is 0 Å². The van der Waals surface area contributed by atoms with E-state index in [1.807, 2.05) is 25.1 Å². The maximum Gasteiger partial charge on any atom is 0.333 e. The van der Waals surface area contributed by atoms with Crippen LogP contribution in [0.3, 0.4) is 0 Å². The zero-order chi connectivity index (χ0) is 23.4. The summed E-state index contributed by atoms with van der Waals surface area (Å²) >= 11 is 4.42. The number of benzene rings is 2. The zero-order valence-corrected chi connectivity index (χ0v) is 20.0. The van der Waals surface area contributed by atoms with E-state index in [9.17, 15) is 19.5 Å². The number of carbonyl (C=O) groups is 1. The first-order chi connectivity index (χ1) is 15.2. The second-order valence-electron chi connectivity index (χ2n) is 6.98. The Balaban J connectivity index is 1.95. The molecule has 0 saturated carbocycles. The normalized spacial score (nSPS) is 11.4. The Bertz CT molecular complexity index is 1320. The molecule has 0 bridgehead atoms. The molecule has 0 atom stereocenters. The van der Waals surface area contributed by atoms with Crippen molar-refractivity contribution >= 4 is 50.0 Å². The van der Waals surface area contributed by atoms with Gasteiger partial charge in [0.2, 0.25) is 11.8 Å². The van der Waals surface area contributed by atoms with E-state index in [0.29, 0.717) is 11.4 Å². The van der Waals surface area contributed by atoms with Gasteiger partial charge in [0.1, 0.15) is 10.6 Å². The summed E-state index contributed by atoms with van der Waals surface area (Å²) < 4.78 is 2.60. The first-order valence-electron chi connectivity index (χ1n) is 9.51. The number of halogens is 1. The van der Waals surface area contributed by atoms with Crippen LogP contribution >= 0.6 is 27.7 Å². The summed E-state index contributed by atoms with van der Waals surface area (Å²) in [6, 6.07) is 14.4. The number of aliphatic imine (C=N–C) groups is 1. The summed E-state index contributed by atoms with van der Waals surface area (Å²) in [5.74, 6) is -0.902. The van der Waals surface area contributed by atoms with Crippen molar-refractivity contribution in [1.82, 2.24) is 9.13 Å². The monoisotopic (exact) mass is 516 g/mol. The van der Waals surface area contributed by atoms with Crippen molar-refractivity contribution in [2.24, 2.45) is 19.1 Å². The van der Waals surface area contributed by atoms with Gasteiger partial charge in [-0.3, -0.25) is 18.7 Å². The largest absolute Gasteiger partial charge is 0.494 e. The number of anilines is 1. The summed E-state index contributed by atoms with van der Waals surface area (Å²) in [4.78, 5) is 42.0. The highest BCUT2D eigenvalue weighted by molar-refractivity contribution is 9.10. The van der Waals surface area contributed by atoms with E-state index in [-0.39, 0.29) is 22.3 Å². The minimum Gasteiger partial charge on any atom is -0.494 e. The third kappa shape index (κ3) is 5.20. The molecular weight excluding hydrogens is 496 g/mol. The lowest BCUT2D eigenvalue weighted by Crippen LogP contribution is -2.39. The first kappa shape index (κ1) is 23.6. The number of thioether (sulfide) groups is 1. The lowest BCUT2D eigenvalue weighted by Gasteiger charge is -2.13. The fraction of sp³-hybridized carbons (Fsp3) is 0.182. The highest BCUT2D eigenvalue weighted by Gasteiger charge is 2.22. The van der Waals surface area contributed by atoms with Gasteiger partial charge in [-0.15, -0.1) is 0 Å². The van der Waals surface area contributed by atoms with E-state index in [2.05, 4.69) is 26.2 Å². The van der Waals surface area contributed by atoms with Crippen LogP contribution in [0.2, 0.25) is 0 Å². The van der Waals surface area contributed by atoms with Gasteiger partial charge in [-0.1, -0.05) is 36.0 Å². The van der Waals surface area contributed by atoms with Crippen molar-refractivity contribution in [3.63, 3.8) is 0 Å². The minimum absolute atomic E-state index is 0.0720. The van der Waals surface area contributed by atoms with Crippen LogP contribution in [0, 0.1) is 6.92 Å². The van der Waals surface area contributed by atoms with Crippen LogP contribution in [0.5, 0.6) is 5.88 Å². The van der Waals surface area contributed by atoms with Crippen molar-refractivity contribution in [3.05, 3.63) is 85.0 Å². The Morgan fingerprint density at radius 1 is 1.12 bits per heavy atom. The van der Waals surface area contributed by atoms with Gasteiger partial charge in [-0.25, -0.2) is 9.79 Å². The maximum atomic E-state index is 12.8. The molecule has 0 fully saturated rings. The molecule has 0 unspecified atom stereocenters. The van der Waals surface area contributed by atoms with Gasteiger partial charge < -0.3 is 10.4 Å². The molecule has 0 saturated heterocycles. The van der Waals surface area contributed by atoms with Crippen LogP contribution in [0.15, 0.2) is 67.6 Å². The van der Waals surface area contributed by atoms with Crippen LogP contribution < -0.4 is 16.6 Å². The molecule has 0 spiro atoms. The van der Waals surface area contributed by atoms with Crippen molar-refractivity contribution in [1.29, 1.82) is 0 Å². The molecule has 3 aromatic rings. The molecule has 8 nitrogen and oxygen atoms in total. The number of nitrogens with one attached hydrogen (secondary N) is 1. The van der Waals surface area contributed by atoms with Crippen molar-refractivity contribution < 1.29 is 9.90 Å². The molecule has 1 amide bonds. The van der Waals surface area contributed by atoms with E-state index in [4.69, 9.17) is 0 Å².